The van der Waals surface area contributed by atoms with Crippen molar-refractivity contribution in [3.05, 3.63) is 35.4 Å². The molecule has 0 unspecified atom stereocenters. The van der Waals surface area contributed by atoms with Crippen molar-refractivity contribution in [1.29, 1.82) is 0 Å². The Morgan fingerprint density at radius 1 is 1.00 bits per heavy atom. The Morgan fingerprint density at radius 2 is 1.94 bits per heavy atom. The third-order valence-electron chi connectivity index (χ3n) is 4.08. The average Bonchev–Trinajstić information content (AvgIpc) is 2.68. The molecule has 0 saturated carbocycles. The Hall–Kier alpha value is -1.31. The second kappa shape index (κ2) is 5.55. The minimum Gasteiger partial charge on any atom is -0.367 e. The van der Waals surface area contributed by atoms with Crippen molar-refractivity contribution in [3.63, 3.8) is 0 Å². The monoisotopic (exact) mass is 242 g/mol. The van der Waals surface area contributed by atoms with Crippen molar-refractivity contribution in [1.82, 2.24) is 5.32 Å². The number of benzene rings is 1. The molecule has 0 spiro atoms. The quantitative estimate of drug-likeness (QED) is 0.799. The third kappa shape index (κ3) is 2.58. The summed E-state index contributed by atoms with van der Waals surface area (Å²) in [6, 6.07) is 9.37. The lowest BCUT2D eigenvalue weighted by molar-refractivity contribution is 0.523. The molecule has 2 heteroatoms. The van der Waals surface area contributed by atoms with Gasteiger partial charge in [-0.15, -0.1) is 0 Å². The Kier molecular flexibility index (Phi) is 3.63. The summed E-state index contributed by atoms with van der Waals surface area (Å²) in [5, 5.41) is 3.70. The van der Waals surface area contributed by atoms with Crippen LogP contribution in [0.25, 0.3) is 0 Å². The Bertz CT molecular complexity index is 436. The average molecular weight is 242 g/mol. The molecule has 0 fully saturated rings. The van der Waals surface area contributed by atoms with Crippen LogP contribution < -0.4 is 5.32 Å². The van der Waals surface area contributed by atoms with E-state index >= 15 is 0 Å². The zero-order valence-electron chi connectivity index (χ0n) is 11.0. The number of hydrogen-bond acceptors (Lipinski definition) is 2. The fourth-order valence-corrected chi connectivity index (χ4v) is 3.10. The van der Waals surface area contributed by atoms with Gasteiger partial charge >= 0.3 is 0 Å². The maximum Gasteiger partial charge on any atom is 0.0967 e. The summed E-state index contributed by atoms with van der Waals surface area (Å²) in [6.45, 7) is 1.01. The highest BCUT2D eigenvalue weighted by Gasteiger charge is 2.20. The van der Waals surface area contributed by atoms with Gasteiger partial charge in [0.15, 0.2) is 0 Å². The van der Waals surface area contributed by atoms with Crippen LogP contribution in [0.1, 0.15) is 55.7 Å². The molecule has 3 rings (SSSR count). The van der Waals surface area contributed by atoms with Crippen LogP contribution in [0, 0.1) is 0 Å². The van der Waals surface area contributed by atoms with Crippen LogP contribution in [-0.4, -0.2) is 12.4 Å². The van der Waals surface area contributed by atoms with Gasteiger partial charge in [0.05, 0.1) is 11.9 Å². The first-order valence-electron chi connectivity index (χ1n) is 7.31. The molecule has 2 aliphatic rings. The number of nitrogens with one attached hydrogen (secondary N) is 1. The first-order valence-corrected chi connectivity index (χ1v) is 7.31. The van der Waals surface area contributed by atoms with Crippen molar-refractivity contribution in [2.24, 2.45) is 4.99 Å². The van der Waals surface area contributed by atoms with E-state index in [0.29, 0.717) is 6.04 Å². The number of hydrogen-bond donors (Lipinski definition) is 1. The predicted octanol–water partition coefficient (Wildman–Crippen LogP) is 3.63. The summed E-state index contributed by atoms with van der Waals surface area (Å²) < 4.78 is 0. The van der Waals surface area contributed by atoms with Crippen LogP contribution in [0.4, 0.5) is 0 Å². The van der Waals surface area contributed by atoms with E-state index in [9.17, 15) is 0 Å². The summed E-state index contributed by atoms with van der Waals surface area (Å²) in [4.78, 5) is 4.70. The van der Waals surface area contributed by atoms with E-state index in [4.69, 9.17) is 4.99 Å². The second-order valence-electron chi connectivity index (χ2n) is 5.43. The molecule has 2 nitrogen and oxygen atoms in total. The zero-order valence-corrected chi connectivity index (χ0v) is 11.0. The Labute approximate surface area is 110 Å². The van der Waals surface area contributed by atoms with E-state index in [2.05, 4.69) is 29.6 Å². The number of aryl methyl sites for hydroxylation is 1. The zero-order chi connectivity index (χ0) is 12.2. The summed E-state index contributed by atoms with van der Waals surface area (Å²) in [7, 11) is 0. The van der Waals surface area contributed by atoms with Crippen LogP contribution in [0.5, 0.6) is 0 Å². The lowest BCUT2D eigenvalue weighted by Crippen LogP contribution is -2.30. The highest BCUT2D eigenvalue weighted by molar-refractivity contribution is 5.82. The van der Waals surface area contributed by atoms with Gasteiger partial charge < -0.3 is 5.32 Å². The van der Waals surface area contributed by atoms with Crippen molar-refractivity contribution in [2.45, 2.75) is 51.0 Å². The molecule has 1 atom stereocenters. The van der Waals surface area contributed by atoms with E-state index in [1.807, 2.05) is 0 Å². The molecule has 1 N–H and O–H groups in total. The second-order valence-corrected chi connectivity index (χ2v) is 5.43. The van der Waals surface area contributed by atoms with Crippen LogP contribution in [0.2, 0.25) is 0 Å². The molecule has 0 radical (unpaired) electrons. The maximum absolute atomic E-state index is 4.70. The van der Waals surface area contributed by atoms with Crippen molar-refractivity contribution < 1.29 is 0 Å². The number of aliphatic imine (C=N–C) groups is 1. The number of amidine groups is 1. The Morgan fingerprint density at radius 3 is 2.94 bits per heavy atom. The summed E-state index contributed by atoms with van der Waals surface area (Å²) in [5.74, 6) is 1.24. The van der Waals surface area contributed by atoms with Gasteiger partial charge in [0.2, 0.25) is 0 Å². The molecule has 1 aromatic carbocycles. The van der Waals surface area contributed by atoms with Crippen molar-refractivity contribution >= 4 is 5.84 Å². The molecular weight excluding hydrogens is 220 g/mol. The highest BCUT2D eigenvalue weighted by Crippen LogP contribution is 2.29. The van der Waals surface area contributed by atoms with Gasteiger partial charge in [-0.3, -0.25) is 4.99 Å². The van der Waals surface area contributed by atoms with Crippen LogP contribution in [0.15, 0.2) is 29.3 Å². The van der Waals surface area contributed by atoms with Crippen molar-refractivity contribution in [3.8, 4) is 0 Å². The largest absolute Gasteiger partial charge is 0.367 e. The minimum absolute atomic E-state index is 0.492. The first kappa shape index (κ1) is 11.8. The summed E-state index contributed by atoms with van der Waals surface area (Å²) in [6.07, 6.45) is 8.79. The molecule has 0 amide bonds. The third-order valence-corrected chi connectivity index (χ3v) is 4.08. The van der Waals surface area contributed by atoms with Gasteiger partial charge in [-0.05, 0) is 43.2 Å². The van der Waals surface area contributed by atoms with Crippen LogP contribution in [0.3, 0.4) is 0 Å². The van der Waals surface area contributed by atoms with E-state index in [-0.39, 0.29) is 0 Å². The van der Waals surface area contributed by atoms with E-state index in [1.54, 1.807) is 0 Å². The topological polar surface area (TPSA) is 24.4 Å². The van der Waals surface area contributed by atoms with E-state index < -0.39 is 0 Å². The lowest BCUT2D eigenvalue weighted by atomic mass is 9.87. The number of nitrogens with zero attached hydrogens (tertiary/aromatic N) is 1. The number of rotatable bonds is 1. The van der Waals surface area contributed by atoms with Crippen molar-refractivity contribution in [2.75, 3.05) is 6.54 Å². The predicted molar refractivity (Wildman–Crippen MR) is 76.0 cm³/mol. The molecule has 1 aliphatic heterocycles. The van der Waals surface area contributed by atoms with Gasteiger partial charge in [-0.2, -0.15) is 0 Å². The Balaban J connectivity index is 1.75. The van der Waals surface area contributed by atoms with Gasteiger partial charge in [-0.1, -0.05) is 30.7 Å². The summed E-state index contributed by atoms with van der Waals surface area (Å²) >= 11 is 0. The van der Waals surface area contributed by atoms with Gasteiger partial charge in [0.1, 0.15) is 0 Å². The standard InChI is InChI=1S/C16H22N2/c1-2-11-16(17-12-5-1)18-15-10-6-8-13-7-3-4-9-14(13)15/h3-4,7,9,15H,1-2,5-6,8,10-12H2,(H,17,18)/t15-/m0/s1. The SMILES string of the molecule is c1ccc2c(c1)CCC[C@@H]2NC1=NCCCCC1. The molecule has 0 saturated heterocycles. The molecule has 18 heavy (non-hydrogen) atoms. The molecule has 96 valence electrons. The lowest BCUT2D eigenvalue weighted by Gasteiger charge is -2.27. The molecule has 0 aromatic heterocycles. The molecule has 0 bridgehead atoms. The van der Waals surface area contributed by atoms with E-state index in [1.165, 1.54) is 55.5 Å². The minimum atomic E-state index is 0.492. The maximum atomic E-state index is 4.70. The fourth-order valence-electron chi connectivity index (χ4n) is 3.10. The van der Waals surface area contributed by atoms with Gasteiger partial charge in [-0.25, -0.2) is 0 Å². The van der Waals surface area contributed by atoms with E-state index in [0.717, 1.165) is 13.0 Å². The smallest absolute Gasteiger partial charge is 0.0967 e. The van der Waals surface area contributed by atoms with Gasteiger partial charge in [0, 0.05) is 13.0 Å². The molecule has 1 heterocycles. The molecular formula is C16H22N2. The molecule has 1 aromatic rings. The van der Waals surface area contributed by atoms with Gasteiger partial charge in [0.25, 0.3) is 0 Å². The summed E-state index contributed by atoms with van der Waals surface area (Å²) in [5.41, 5.74) is 3.02. The number of fused-ring (bicyclic) bond motifs is 1. The van der Waals surface area contributed by atoms with Crippen LogP contribution in [-0.2, 0) is 6.42 Å². The highest BCUT2D eigenvalue weighted by atomic mass is 15.0. The first-order chi connectivity index (χ1) is 8.93. The fraction of sp³-hybridized carbons (Fsp3) is 0.562. The normalized spacial score (nSPS) is 23.8. The van der Waals surface area contributed by atoms with Crippen LogP contribution >= 0.6 is 0 Å². The molecule has 1 aliphatic carbocycles.